The van der Waals surface area contributed by atoms with E-state index in [4.69, 9.17) is 33.0 Å². The fraction of sp³-hybridized carbons (Fsp3) is 0.308. The number of halogens is 2. The molecule has 0 bridgehead atoms. The summed E-state index contributed by atoms with van der Waals surface area (Å²) in [5.41, 5.74) is 3.48. The van der Waals surface area contributed by atoms with Crippen LogP contribution in [-0.2, 0) is 0 Å². The van der Waals surface area contributed by atoms with E-state index in [1.165, 1.54) is 0 Å². The molecule has 0 aliphatic carbocycles. The highest BCUT2D eigenvalue weighted by atomic mass is 35.5. The van der Waals surface area contributed by atoms with Crippen molar-refractivity contribution < 1.29 is 9.84 Å². The van der Waals surface area contributed by atoms with Gasteiger partial charge in [0.05, 0.1) is 34.6 Å². The molecule has 1 aliphatic heterocycles. The normalized spacial score (nSPS) is 17.3. The van der Waals surface area contributed by atoms with Crippen LogP contribution in [0.2, 0.25) is 10.0 Å². The van der Waals surface area contributed by atoms with Gasteiger partial charge < -0.3 is 14.7 Å². The van der Waals surface area contributed by atoms with Crippen molar-refractivity contribution in [3.8, 4) is 11.8 Å². The van der Waals surface area contributed by atoms with Crippen LogP contribution in [0.4, 0.5) is 5.69 Å². The van der Waals surface area contributed by atoms with E-state index >= 15 is 0 Å². The minimum atomic E-state index is -0.0785. The Morgan fingerprint density at radius 2 is 1.88 bits per heavy atom. The molecule has 1 aliphatic rings. The molecule has 0 amide bonds. The van der Waals surface area contributed by atoms with Crippen LogP contribution in [0.25, 0.3) is 0 Å². The van der Waals surface area contributed by atoms with Crippen molar-refractivity contribution in [2.75, 3.05) is 37.7 Å². The molecule has 3 aromatic rings. The van der Waals surface area contributed by atoms with Gasteiger partial charge in [-0.05, 0) is 55.0 Å². The number of pyridine rings is 1. The van der Waals surface area contributed by atoms with E-state index < -0.39 is 0 Å². The van der Waals surface area contributed by atoms with Gasteiger partial charge in [0.15, 0.2) is 0 Å². The zero-order valence-corrected chi connectivity index (χ0v) is 20.4. The van der Waals surface area contributed by atoms with E-state index in [0.717, 1.165) is 36.6 Å². The van der Waals surface area contributed by atoms with E-state index in [-0.39, 0.29) is 25.3 Å². The molecule has 2 aromatic carbocycles. The molecule has 4 rings (SSSR count). The number of benzene rings is 2. The number of aliphatic hydroxyl groups is 1. The van der Waals surface area contributed by atoms with Gasteiger partial charge in [0.1, 0.15) is 18.4 Å². The number of piperazine rings is 1. The summed E-state index contributed by atoms with van der Waals surface area (Å²) >= 11 is 12.2. The first-order valence-electron chi connectivity index (χ1n) is 11.2. The van der Waals surface area contributed by atoms with Crippen LogP contribution >= 0.6 is 23.2 Å². The number of ether oxygens (including phenoxy) is 1. The summed E-state index contributed by atoms with van der Waals surface area (Å²) in [6, 6.07) is 19.7. The Balaban J connectivity index is 1.65. The van der Waals surface area contributed by atoms with Gasteiger partial charge in [-0.15, -0.1) is 0 Å². The monoisotopic (exact) mass is 496 g/mol. The minimum absolute atomic E-state index is 0.0112. The molecule has 2 atom stereocenters. The molecule has 8 heteroatoms. The summed E-state index contributed by atoms with van der Waals surface area (Å²) in [6.45, 7) is 4.55. The smallest absolute Gasteiger partial charge is 0.120 e. The first-order valence-corrected chi connectivity index (χ1v) is 11.9. The number of aliphatic hydroxyl groups excluding tert-OH is 1. The quantitative estimate of drug-likeness (QED) is 0.481. The Hall–Kier alpha value is -2.82. The third kappa shape index (κ3) is 5.45. The van der Waals surface area contributed by atoms with E-state index in [2.05, 4.69) is 27.8 Å². The standard InChI is InChI=1S/C26H26Cl2N4O2/c1-18(24-8-6-22(28)16-30-24)31-10-11-32(26(17-31)19-2-4-21(27)5-3-19)25-9-7-23(34-13-12-33)14-20(25)15-29/h2-9,14,16,18,26,33H,10-13,17H2,1H3/t18-,26+/m1/s1. The molecular weight excluding hydrogens is 471 g/mol. The van der Waals surface area contributed by atoms with Crippen LogP contribution < -0.4 is 9.64 Å². The number of nitrogens with zero attached hydrogens (tertiary/aromatic N) is 4. The van der Waals surface area contributed by atoms with Crippen LogP contribution in [0.15, 0.2) is 60.8 Å². The lowest BCUT2D eigenvalue weighted by Crippen LogP contribution is -2.49. The highest BCUT2D eigenvalue weighted by Gasteiger charge is 2.32. The minimum Gasteiger partial charge on any atom is -0.491 e. The Bertz CT molecular complexity index is 1150. The van der Waals surface area contributed by atoms with E-state index in [1.807, 2.05) is 48.5 Å². The van der Waals surface area contributed by atoms with Gasteiger partial charge in [0.25, 0.3) is 0 Å². The average molecular weight is 497 g/mol. The van der Waals surface area contributed by atoms with Crippen molar-refractivity contribution in [1.29, 1.82) is 5.26 Å². The number of rotatable bonds is 7. The maximum atomic E-state index is 9.87. The molecular formula is C26H26Cl2N4O2. The van der Waals surface area contributed by atoms with Crippen LogP contribution in [-0.4, -0.2) is 47.8 Å². The maximum Gasteiger partial charge on any atom is 0.120 e. The molecule has 1 fully saturated rings. The van der Waals surface area contributed by atoms with Crippen molar-refractivity contribution in [2.45, 2.75) is 19.0 Å². The summed E-state index contributed by atoms with van der Waals surface area (Å²) in [5, 5.41) is 20.2. The lowest BCUT2D eigenvalue weighted by atomic mass is 9.98. The van der Waals surface area contributed by atoms with Gasteiger partial charge in [0.2, 0.25) is 0 Å². The molecule has 0 unspecified atom stereocenters. The lowest BCUT2D eigenvalue weighted by Gasteiger charge is -2.45. The van der Waals surface area contributed by atoms with Gasteiger partial charge in [-0.2, -0.15) is 5.26 Å². The number of nitriles is 1. The van der Waals surface area contributed by atoms with Crippen molar-refractivity contribution in [3.63, 3.8) is 0 Å². The molecule has 1 saturated heterocycles. The van der Waals surface area contributed by atoms with Crippen LogP contribution in [0.1, 0.15) is 35.8 Å². The Labute approximate surface area is 209 Å². The number of hydrogen-bond donors (Lipinski definition) is 1. The van der Waals surface area contributed by atoms with Gasteiger partial charge >= 0.3 is 0 Å². The van der Waals surface area contributed by atoms with Crippen molar-refractivity contribution in [1.82, 2.24) is 9.88 Å². The van der Waals surface area contributed by atoms with E-state index in [0.29, 0.717) is 21.4 Å². The molecule has 0 saturated carbocycles. The highest BCUT2D eigenvalue weighted by Crippen LogP contribution is 2.37. The fourth-order valence-electron chi connectivity index (χ4n) is 4.34. The second-order valence-corrected chi connectivity index (χ2v) is 9.07. The molecule has 1 aromatic heterocycles. The van der Waals surface area contributed by atoms with E-state index in [1.54, 1.807) is 12.3 Å². The summed E-state index contributed by atoms with van der Waals surface area (Å²) in [4.78, 5) is 9.20. The number of aromatic nitrogens is 1. The lowest BCUT2D eigenvalue weighted by molar-refractivity contribution is 0.168. The molecule has 6 nitrogen and oxygen atoms in total. The number of anilines is 1. The average Bonchev–Trinajstić information content (AvgIpc) is 2.87. The van der Waals surface area contributed by atoms with Gasteiger partial charge in [-0.1, -0.05) is 35.3 Å². The van der Waals surface area contributed by atoms with Crippen LogP contribution in [0.3, 0.4) is 0 Å². The topological polar surface area (TPSA) is 72.6 Å². The maximum absolute atomic E-state index is 9.87. The first-order chi connectivity index (χ1) is 16.5. The van der Waals surface area contributed by atoms with Crippen molar-refractivity contribution in [3.05, 3.63) is 87.7 Å². The molecule has 0 radical (unpaired) electrons. The van der Waals surface area contributed by atoms with E-state index in [9.17, 15) is 5.26 Å². The highest BCUT2D eigenvalue weighted by molar-refractivity contribution is 6.30. The van der Waals surface area contributed by atoms with Gasteiger partial charge in [-0.25, -0.2) is 0 Å². The second-order valence-electron chi connectivity index (χ2n) is 8.20. The van der Waals surface area contributed by atoms with Crippen molar-refractivity contribution >= 4 is 28.9 Å². The zero-order valence-electron chi connectivity index (χ0n) is 18.9. The third-order valence-electron chi connectivity index (χ3n) is 6.15. The Morgan fingerprint density at radius 3 is 2.56 bits per heavy atom. The molecule has 34 heavy (non-hydrogen) atoms. The fourth-order valence-corrected chi connectivity index (χ4v) is 4.58. The first kappa shape index (κ1) is 24.3. The predicted molar refractivity (Wildman–Crippen MR) is 135 cm³/mol. The molecule has 0 spiro atoms. The second kappa shape index (κ2) is 11.1. The summed E-state index contributed by atoms with van der Waals surface area (Å²) in [7, 11) is 0. The largest absolute Gasteiger partial charge is 0.491 e. The molecule has 2 heterocycles. The molecule has 176 valence electrons. The molecule has 1 N–H and O–H groups in total. The van der Waals surface area contributed by atoms with Crippen molar-refractivity contribution in [2.24, 2.45) is 0 Å². The van der Waals surface area contributed by atoms with Crippen LogP contribution in [0.5, 0.6) is 5.75 Å². The SMILES string of the molecule is C[C@H](c1ccc(Cl)cn1)N1CCN(c2ccc(OCCO)cc2C#N)[C@H](c2ccc(Cl)cc2)C1. The predicted octanol–water partition coefficient (Wildman–Crippen LogP) is 5.26. The Kier molecular flexibility index (Phi) is 7.91. The summed E-state index contributed by atoms with van der Waals surface area (Å²) in [5.74, 6) is 0.568. The van der Waals surface area contributed by atoms with Gasteiger partial charge in [0, 0.05) is 36.9 Å². The summed E-state index contributed by atoms with van der Waals surface area (Å²) in [6.07, 6.45) is 1.68. The third-order valence-corrected chi connectivity index (χ3v) is 6.63. The number of hydrogen-bond acceptors (Lipinski definition) is 6. The zero-order chi connectivity index (χ0) is 24.1. The Morgan fingerprint density at radius 1 is 1.12 bits per heavy atom. The summed E-state index contributed by atoms with van der Waals surface area (Å²) < 4.78 is 5.51. The van der Waals surface area contributed by atoms with Gasteiger partial charge in [-0.3, -0.25) is 9.88 Å². The van der Waals surface area contributed by atoms with Crippen LogP contribution in [0, 0.1) is 11.3 Å².